The lowest BCUT2D eigenvalue weighted by Gasteiger charge is -2.16. The van der Waals surface area contributed by atoms with Crippen LogP contribution in [0.15, 0.2) is 38.3 Å². The third-order valence-electron chi connectivity index (χ3n) is 5.20. The Balaban J connectivity index is 1.47. The molecule has 3 aromatic rings. The molecule has 0 saturated carbocycles. The van der Waals surface area contributed by atoms with Gasteiger partial charge in [-0.25, -0.2) is 14.3 Å². The molecule has 1 N–H and O–H groups in total. The number of carbonyl (C=O) groups is 1. The summed E-state index contributed by atoms with van der Waals surface area (Å²) < 4.78 is 8.27. The summed E-state index contributed by atoms with van der Waals surface area (Å²) in [5.74, 6) is 0.608. The SMILES string of the molecule is Cc1ccc2c(CC(=O)NC3CCc4nn(C)c(=O)n4CC3)cc(=O)oc2c1. The molecule has 0 fully saturated rings. The van der Waals surface area contributed by atoms with Crippen molar-refractivity contribution in [3.05, 3.63) is 62.1 Å². The number of nitrogens with one attached hydrogen (secondary N) is 1. The molecule has 1 aromatic carbocycles. The fourth-order valence-corrected chi connectivity index (χ4v) is 3.78. The van der Waals surface area contributed by atoms with Gasteiger partial charge in [-0.1, -0.05) is 12.1 Å². The van der Waals surface area contributed by atoms with Gasteiger partial charge in [-0.3, -0.25) is 9.36 Å². The molecule has 1 unspecified atom stereocenters. The molecule has 0 bridgehead atoms. The summed E-state index contributed by atoms with van der Waals surface area (Å²) in [7, 11) is 1.64. The van der Waals surface area contributed by atoms with Crippen molar-refractivity contribution in [3.63, 3.8) is 0 Å². The van der Waals surface area contributed by atoms with Crippen molar-refractivity contribution < 1.29 is 9.21 Å². The molecular weight excluding hydrogens is 360 g/mol. The van der Waals surface area contributed by atoms with Gasteiger partial charge in [0.15, 0.2) is 0 Å². The summed E-state index contributed by atoms with van der Waals surface area (Å²) >= 11 is 0. The summed E-state index contributed by atoms with van der Waals surface area (Å²) in [6.45, 7) is 2.45. The number of amides is 1. The van der Waals surface area contributed by atoms with Gasteiger partial charge < -0.3 is 9.73 Å². The molecule has 8 heteroatoms. The molecule has 0 saturated heterocycles. The van der Waals surface area contributed by atoms with Crippen LogP contribution in [0.2, 0.25) is 0 Å². The van der Waals surface area contributed by atoms with Gasteiger partial charge in [0.1, 0.15) is 11.4 Å². The predicted molar refractivity (Wildman–Crippen MR) is 103 cm³/mol. The third-order valence-corrected chi connectivity index (χ3v) is 5.20. The number of hydrogen-bond donors (Lipinski definition) is 1. The van der Waals surface area contributed by atoms with E-state index < -0.39 is 5.63 Å². The van der Waals surface area contributed by atoms with E-state index in [1.54, 1.807) is 17.7 Å². The molecule has 2 aromatic heterocycles. The van der Waals surface area contributed by atoms with Gasteiger partial charge in [0.05, 0.1) is 6.42 Å². The highest BCUT2D eigenvalue weighted by Crippen LogP contribution is 2.19. The number of hydrogen-bond acceptors (Lipinski definition) is 5. The Morgan fingerprint density at radius 1 is 1.29 bits per heavy atom. The second-order valence-electron chi connectivity index (χ2n) is 7.33. The fraction of sp³-hybridized carbons (Fsp3) is 0.400. The first kappa shape index (κ1) is 18.2. The van der Waals surface area contributed by atoms with Crippen molar-refractivity contribution in [1.29, 1.82) is 0 Å². The van der Waals surface area contributed by atoms with Gasteiger partial charge in [-0.15, -0.1) is 0 Å². The van der Waals surface area contributed by atoms with Crippen molar-refractivity contribution in [3.8, 4) is 0 Å². The zero-order chi connectivity index (χ0) is 19.8. The molecular formula is C20H22N4O4. The highest BCUT2D eigenvalue weighted by Gasteiger charge is 2.21. The van der Waals surface area contributed by atoms with Crippen LogP contribution < -0.4 is 16.6 Å². The van der Waals surface area contributed by atoms with Gasteiger partial charge >= 0.3 is 11.3 Å². The maximum absolute atomic E-state index is 12.6. The van der Waals surface area contributed by atoms with E-state index in [9.17, 15) is 14.4 Å². The zero-order valence-electron chi connectivity index (χ0n) is 15.9. The molecule has 1 aliphatic heterocycles. The normalized spacial score (nSPS) is 16.6. The van der Waals surface area contributed by atoms with Crippen molar-refractivity contribution >= 4 is 16.9 Å². The number of aromatic nitrogens is 3. The maximum atomic E-state index is 12.6. The van der Waals surface area contributed by atoms with Gasteiger partial charge in [-0.2, -0.15) is 5.10 Å². The van der Waals surface area contributed by atoms with E-state index in [4.69, 9.17) is 4.42 Å². The largest absolute Gasteiger partial charge is 0.423 e. The standard InChI is InChI=1S/C20H22N4O4/c1-12-3-5-15-13(11-19(26)28-16(15)9-12)10-18(25)21-14-4-6-17-22-23(2)20(27)24(17)8-7-14/h3,5,9,11,14H,4,6-8,10H2,1-2H3,(H,21,25). The lowest BCUT2D eigenvalue weighted by molar-refractivity contribution is -0.121. The van der Waals surface area contributed by atoms with E-state index in [1.165, 1.54) is 10.7 Å². The predicted octanol–water partition coefficient (Wildman–Crippen LogP) is 1.06. The summed E-state index contributed by atoms with van der Waals surface area (Å²) in [4.78, 5) is 36.5. The average molecular weight is 382 g/mol. The van der Waals surface area contributed by atoms with E-state index in [2.05, 4.69) is 10.4 Å². The first-order chi connectivity index (χ1) is 13.4. The van der Waals surface area contributed by atoms with Gasteiger partial charge in [-0.05, 0) is 37.0 Å². The summed E-state index contributed by atoms with van der Waals surface area (Å²) in [5.41, 5.74) is 1.54. The average Bonchev–Trinajstić information content (AvgIpc) is 2.78. The first-order valence-corrected chi connectivity index (χ1v) is 9.36. The van der Waals surface area contributed by atoms with Crippen LogP contribution in [0.5, 0.6) is 0 Å². The highest BCUT2D eigenvalue weighted by atomic mass is 16.4. The Kier molecular flexibility index (Phi) is 4.62. The van der Waals surface area contributed by atoms with Crippen molar-refractivity contribution in [2.24, 2.45) is 7.05 Å². The second kappa shape index (κ2) is 7.10. The quantitative estimate of drug-likeness (QED) is 0.683. The minimum Gasteiger partial charge on any atom is -0.423 e. The number of carbonyl (C=O) groups excluding carboxylic acids is 1. The smallest absolute Gasteiger partial charge is 0.345 e. The molecule has 28 heavy (non-hydrogen) atoms. The third kappa shape index (κ3) is 3.49. The molecule has 1 amide bonds. The molecule has 3 heterocycles. The topological polar surface area (TPSA) is 99.1 Å². The molecule has 146 valence electrons. The van der Waals surface area contributed by atoms with Gasteiger partial charge in [0.25, 0.3) is 0 Å². The van der Waals surface area contributed by atoms with Crippen LogP contribution in [0.25, 0.3) is 11.0 Å². The van der Waals surface area contributed by atoms with E-state index in [0.29, 0.717) is 30.5 Å². The maximum Gasteiger partial charge on any atom is 0.345 e. The van der Waals surface area contributed by atoms with Crippen molar-refractivity contribution in [1.82, 2.24) is 19.7 Å². The summed E-state index contributed by atoms with van der Waals surface area (Å²) in [5, 5.41) is 8.06. The highest BCUT2D eigenvalue weighted by molar-refractivity contribution is 5.87. The van der Waals surface area contributed by atoms with Gasteiger partial charge in [0, 0.05) is 37.5 Å². The van der Waals surface area contributed by atoms with Crippen LogP contribution >= 0.6 is 0 Å². The van der Waals surface area contributed by atoms with Crippen LogP contribution in [0.3, 0.4) is 0 Å². The minimum atomic E-state index is -0.461. The van der Waals surface area contributed by atoms with Crippen molar-refractivity contribution in [2.45, 2.75) is 45.2 Å². The van der Waals surface area contributed by atoms with Gasteiger partial charge in [0.2, 0.25) is 5.91 Å². The van der Waals surface area contributed by atoms with Crippen LogP contribution in [0, 0.1) is 6.92 Å². The first-order valence-electron chi connectivity index (χ1n) is 9.36. The van der Waals surface area contributed by atoms with Crippen LogP contribution in [-0.2, 0) is 31.2 Å². The van der Waals surface area contributed by atoms with E-state index in [1.807, 2.05) is 19.1 Å². The Bertz CT molecular complexity index is 1170. The van der Waals surface area contributed by atoms with E-state index >= 15 is 0 Å². The van der Waals surface area contributed by atoms with Crippen LogP contribution in [0.4, 0.5) is 0 Å². The fourth-order valence-electron chi connectivity index (χ4n) is 3.78. The lowest BCUT2D eigenvalue weighted by Crippen LogP contribution is -2.36. The van der Waals surface area contributed by atoms with Crippen LogP contribution in [-0.4, -0.2) is 26.3 Å². The van der Waals surface area contributed by atoms with Crippen molar-refractivity contribution in [2.75, 3.05) is 0 Å². The lowest BCUT2D eigenvalue weighted by atomic mass is 10.0. The molecule has 0 aliphatic carbocycles. The molecule has 8 nitrogen and oxygen atoms in total. The second-order valence-corrected chi connectivity index (χ2v) is 7.33. The Morgan fingerprint density at radius 2 is 2.11 bits per heavy atom. The summed E-state index contributed by atoms with van der Waals surface area (Å²) in [6, 6.07) is 6.94. The van der Waals surface area contributed by atoms with Crippen LogP contribution in [0.1, 0.15) is 29.8 Å². The number of fused-ring (bicyclic) bond motifs is 2. The minimum absolute atomic E-state index is 0.0347. The molecule has 1 atom stereocenters. The Labute approximate surface area is 160 Å². The summed E-state index contributed by atoms with van der Waals surface area (Å²) in [6.07, 6.45) is 2.13. The molecule has 0 spiro atoms. The number of rotatable bonds is 3. The molecule has 0 radical (unpaired) electrons. The molecule has 1 aliphatic rings. The zero-order valence-corrected chi connectivity index (χ0v) is 15.9. The number of nitrogens with zero attached hydrogens (tertiary/aromatic N) is 3. The number of benzene rings is 1. The monoisotopic (exact) mass is 382 g/mol. The Hall–Kier alpha value is -3.16. The Morgan fingerprint density at radius 3 is 2.93 bits per heavy atom. The molecule has 4 rings (SSSR count). The van der Waals surface area contributed by atoms with E-state index in [-0.39, 0.29) is 24.1 Å². The van der Waals surface area contributed by atoms with E-state index in [0.717, 1.165) is 23.2 Å². The number of aryl methyl sites for hydroxylation is 3.